The molecule has 1 atom stereocenters. The maximum atomic E-state index is 11.8. The van der Waals surface area contributed by atoms with E-state index in [-0.39, 0.29) is 5.91 Å². The lowest BCUT2D eigenvalue weighted by Gasteiger charge is -2.33. The average Bonchev–Trinajstić information content (AvgIpc) is 2.34. The van der Waals surface area contributed by atoms with E-state index in [1.807, 2.05) is 0 Å². The minimum Gasteiger partial charge on any atom is -0.355 e. The van der Waals surface area contributed by atoms with Gasteiger partial charge in [0.15, 0.2) is 0 Å². The fraction of sp³-hybridized carbons (Fsp3) is 0.923. The van der Waals surface area contributed by atoms with E-state index in [9.17, 15) is 4.79 Å². The Balaban J connectivity index is 2.32. The summed E-state index contributed by atoms with van der Waals surface area (Å²) in [4.78, 5) is 14.1. The third kappa shape index (κ3) is 5.50. The van der Waals surface area contributed by atoms with Gasteiger partial charge in [0.25, 0.3) is 0 Å². The van der Waals surface area contributed by atoms with Gasteiger partial charge >= 0.3 is 0 Å². The standard InChI is InChI=1S/C13H27N3O/c1-4-16(12-6-5-7-14-9-12)10-13(17)15-8-11(2)3/h11-12,14H,4-10H2,1-3H3,(H,15,17). The van der Waals surface area contributed by atoms with Gasteiger partial charge in [-0.3, -0.25) is 9.69 Å². The Kier molecular flexibility index (Phi) is 6.52. The van der Waals surface area contributed by atoms with Crippen molar-refractivity contribution in [1.82, 2.24) is 15.5 Å². The normalized spacial score (nSPS) is 20.9. The molecule has 0 spiro atoms. The topological polar surface area (TPSA) is 44.4 Å². The van der Waals surface area contributed by atoms with E-state index >= 15 is 0 Å². The second kappa shape index (κ2) is 7.67. The van der Waals surface area contributed by atoms with Crippen molar-refractivity contribution in [1.29, 1.82) is 0 Å². The summed E-state index contributed by atoms with van der Waals surface area (Å²) in [5.41, 5.74) is 0. The van der Waals surface area contributed by atoms with Crippen LogP contribution >= 0.6 is 0 Å². The molecule has 0 saturated carbocycles. The van der Waals surface area contributed by atoms with Crippen LogP contribution in [0.5, 0.6) is 0 Å². The van der Waals surface area contributed by atoms with Crippen LogP contribution in [0.3, 0.4) is 0 Å². The molecule has 0 bridgehead atoms. The van der Waals surface area contributed by atoms with Crippen LogP contribution in [0.1, 0.15) is 33.6 Å². The molecular formula is C13H27N3O. The van der Waals surface area contributed by atoms with Gasteiger partial charge in [0.1, 0.15) is 0 Å². The summed E-state index contributed by atoms with van der Waals surface area (Å²) in [7, 11) is 0. The molecular weight excluding hydrogens is 214 g/mol. The monoisotopic (exact) mass is 241 g/mol. The van der Waals surface area contributed by atoms with E-state index in [0.717, 1.165) is 26.2 Å². The molecule has 4 heteroatoms. The summed E-state index contributed by atoms with van der Waals surface area (Å²) in [6.07, 6.45) is 2.42. The smallest absolute Gasteiger partial charge is 0.234 e. The average molecular weight is 241 g/mol. The Labute approximate surface area is 105 Å². The van der Waals surface area contributed by atoms with E-state index in [2.05, 4.69) is 36.3 Å². The minimum atomic E-state index is 0.158. The maximum Gasteiger partial charge on any atom is 0.234 e. The lowest BCUT2D eigenvalue weighted by molar-refractivity contribution is -0.123. The predicted molar refractivity (Wildman–Crippen MR) is 71.0 cm³/mol. The Bertz CT molecular complexity index is 225. The van der Waals surface area contributed by atoms with Crippen LogP contribution in [-0.4, -0.2) is 49.6 Å². The molecule has 1 heterocycles. The second-order valence-corrected chi connectivity index (χ2v) is 5.26. The zero-order valence-electron chi connectivity index (χ0n) is 11.5. The number of hydrogen-bond donors (Lipinski definition) is 2. The van der Waals surface area contributed by atoms with Crippen molar-refractivity contribution in [3.05, 3.63) is 0 Å². The molecule has 4 nitrogen and oxygen atoms in total. The van der Waals surface area contributed by atoms with Gasteiger partial charge in [0.2, 0.25) is 5.91 Å². The zero-order chi connectivity index (χ0) is 12.7. The Morgan fingerprint density at radius 3 is 2.82 bits per heavy atom. The first-order chi connectivity index (χ1) is 8.13. The maximum absolute atomic E-state index is 11.8. The fourth-order valence-electron chi connectivity index (χ4n) is 2.20. The largest absolute Gasteiger partial charge is 0.355 e. The molecule has 0 aromatic heterocycles. The number of nitrogens with one attached hydrogen (secondary N) is 2. The van der Waals surface area contributed by atoms with Crippen molar-refractivity contribution < 1.29 is 4.79 Å². The molecule has 17 heavy (non-hydrogen) atoms. The highest BCUT2D eigenvalue weighted by molar-refractivity contribution is 5.78. The molecule has 1 fully saturated rings. The van der Waals surface area contributed by atoms with Crippen molar-refractivity contribution in [2.75, 3.05) is 32.7 Å². The molecule has 0 aromatic rings. The molecule has 1 unspecified atom stereocenters. The molecule has 1 aliphatic rings. The van der Waals surface area contributed by atoms with E-state index in [1.54, 1.807) is 0 Å². The highest BCUT2D eigenvalue weighted by Crippen LogP contribution is 2.09. The van der Waals surface area contributed by atoms with Gasteiger partial charge in [0.05, 0.1) is 6.54 Å². The Morgan fingerprint density at radius 2 is 2.29 bits per heavy atom. The highest BCUT2D eigenvalue weighted by atomic mass is 16.2. The number of likely N-dealkylation sites (N-methyl/N-ethyl adjacent to an activating group) is 1. The molecule has 1 rings (SSSR count). The number of nitrogens with zero attached hydrogens (tertiary/aromatic N) is 1. The highest BCUT2D eigenvalue weighted by Gasteiger charge is 2.21. The van der Waals surface area contributed by atoms with Crippen LogP contribution in [0.2, 0.25) is 0 Å². The van der Waals surface area contributed by atoms with Crippen LogP contribution < -0.4 is 10.6 Å². The molecule has 1 saturated heterocycles. The van der Waals surface area contributed by atoms with Gasteiger partial charge in [0, 0.05) is 19.1 Å². The first-order valence-electron chi connectivity index (χ1n) is 6.85. The fourth-order valence-corrected chi connectivity index (χ4v) is 2.20. The van der Waals surface area contributed by atoms with Crippen LogP contribution in [0.25, 0.3) is 0 Å². The third-order valence-corrected chi connectivity index (χ3v) is 3.25. The lowest BCUT2D eigenvalue weighted by atomic mass is 10.1. The van der Waals surface area contributed by atoms with Crippen molar-refractivity contribution in [2.45, 2.75) is 39.7 Å². The summed E-state index contributed by atoms with van der Waals surface area (Å²) >= 11 is 0. The minimum absolute atomic E-state index is 0.158. The van der Waals surface area contributed by atoms with E-state index in [1.165, 1.54) is 12.8 Å². The molecule has 0 aliphatic carbocycles. The van der Waals surface area contributed by atoms with Crippen molar-refractivity contribution in [3.63, 3.8) is 0 Å². The molecule has 1 aliphatic heterocycles. The van der Waals surface area contributed by atoms with E-state index in [0.29, 0.717) is 18.5 Å². The van der Waals surface area contributed by atoms with Crippen molar-refractivity contribution >= 4 is 5.91 Å². The van der Waals surface area contributed by atoms with E-state index in [4.69, 9.17) is 0 Å². The van der Waals surface area contributed by atoms with Crippen LogP contribution in [0.4, 0.5) is 0 Å². The third-order valence-electron chi connectivity index (χ3n) is 3.25. The molecule has 0 radical (unpaired) electrons. The summed E-state index contributed by atoms with van der Waals surface area (Å²) in [6, 6.07) is 0.526. The SMILES string of the molecule is CCN(CC(=O)NCC(C)C)C1CCCNC1. The summed E-state index contributed by atoms with van der Waals surface area (Å²) < 4.78 is 0. The first-order valence-corrected chi connectivity index (χ1v) is 6.85. The predicted octanol–water partition coefficient (Wildman–Crippen LogP) is 0.833. The Morgan fingerprint density at radius 1 is 1.53 bits per heavy atom. The van der Waals surface area contributed by atoms with Gasteiger partial charge in [-0.1, -0.05) is 20.8 Å². The van der Waals surface area contributed by atoms with Crippen LogP contribution in [0.15, 0.2) is 0 Å². The number of carbonyl (C=O) groups excluding carboxylic acids is 1. The van der Waals surface area contributed by atoms with E-state index < -0.39 is 0 Å². The van der Waals surface area contributed by atoms with Gasteiger partial charge in [-0.05, 0) is 31.8 Å². The number of amides is 1. The van der Waals surface area contributed by atoms with Crippen LogP contribution in [0, 0.1) is 5.92 Å². The summed E-state index contributed by atoms with van der Waals surface area (Å²) in [6.45, 7) is 10.8. The molecule has 0 aromatic carbocycles. The Hall–Kier alpha value is -0.610. The molecule has 100 valence electrons. The molecule has 1 amide bonds. The van der Waals surface area contributed by atoms with Crippen molar-refractivity contribution in [3.8, 4) is 0 Å². The second-order valence-electron chi connectivity index (χ2n) is 5.26. The lowest BCUT2D eigenvalue weighted by Crippen LogP contribution is -2.49. The number of rotatable bonds is 6. The van der Waals surface area contributed by atoms with Gasteiger partial charge in [-0.25, -0.2) is 0 Å². The van der Waals surface area contributed by atoms with Gasteiger partial charge in [-0.2, -0.15) is 0 Å². The summed E-state index contributed by atoms with van der Waals surface area (Å²) in [5, 5.41) is 6.38. The number of piperidine rings is 1. The zero-order valence-corrected chi connectivity index (χ0v) is 11.5. The number of hydrogen-bond acceptors (Lipinski definition) is 3. The van der Waals surface area contributed by atoms with Gasteiger partial charge < -0.3 is 10.6 Å². The summed E-state index contributed by atoms with van der Waals surface area (Å²) in [5.74, 6) is 0.677. The van der Waals surface area contributed by atoms with Gasteiger partial charge in [-0.15, -0.1) is 0 Å². The number of carbonyl (C=O) groups is 1. The quantitative estimate of drug-likeness (QED) is 0.724. The van der Waals surface area contributed by atoms with Crippen molar-refractivity contribution in [2.24, 2.45) is 5.92 Å². The van der Waals surface area contributed by atoms with Crippen LogP contribution in [-0.2, 0) is 4.79 Å². The molecule has 2 N–H and O–H groups in total. The first kappa shape index (κ1) is 14.5.